The summed E-state index contributed by atoms with van der Waals surface area (Å²) in [7, 11) is 0. The van der Waals surface area contributed by atoms with Crippen molar-refractivity contribution in [3.05, 3.63) is 112 Å². The van der Waals surface area contributed by atoms with Gasteiger partial charge < -0.3 is 29.3 Å². The Hall–Kier alpha value is -5.00. The third kappa shape index (κ3) is 11.7. The molecule has 3 saturated heterocycles. The van der Waals surface area contributed by atoms with Gasteiger partial charge in [0, 0.05) is 84.5 Å². The number of Topliss-reactive ketones (excluding diaryl/α,β-unsaturated/α-hetero) is 2. The third-order valence-electron chi connectivity index (χ3n) is 14.0. The van der Waals surface area contributed by atoms with Gasteiger partial charge in [-0.1, -0.05) is 73.1 Å². The van der Waals surface area contributed by atoms with Crippen molar-refractivity contribution < 1.29 is 38.8 Å². The maximum atomic E-state index is 14.2. The number of carbonyl (C=O) groups is 3. The molecule has 2 N–H and O–H groups in total. The first-order valence-electron chi connectivity index (χ1n) is 24.2. The lowest BCUT2D eigenvalue weighted by Crippen LogP contribution is -2.48. The van der Waals surface area contributed by atoms with Crippen LogP contribution in [0, 0.1) is 18.3 Å². The van der Waals surface area contributed by atoms with Crippen LogP contribution in [-0.4, -0.2) is 124 Å². The van der Waals surface area contributed by atoms with Crippen molar-refractivity contribution >= 4 is 66.2 Å². The average molecular weight is 1050 g/mol. The lowest BCUT2D eigenvalue weighted by atomic mass is 9.76. The standard InChI is InChI=1S/C55H61BrN4O8S2/c1-34-52(69-33-57-34)36-8-5-35(6-9-36)7-20-49(64)48-27-42(62)31-60(48)54(65)47(55(2,3)4)26-43(63)32-66-23-21-58-29-40-25-39(58)30-59(40)22-24-67-44-15-17-45(18-16-44)68-51-46-19-14-41(61)28-50(46)70-53(51)37-10-12-38(56)13-11-37/h5-6,8-19,28,33,39-40,42,47-48,61-62H,7,20-27,29-32H2,1-4H3/t39-,40-,42+,47+,48-/m0/s1. The van der Waals surface area contributed by atoms with Crippen LogP contribution in [0.4, 0.5) is 0 Å². The highest BCUT2D eigenvalue weighted by atomic mass is 79.9. The second-order valence-corrected chi connectivity index (χ2v) is 22.8. The fourth-order valence-electron chi connectivity index (χ4n) is 10.2. The van der Waals surface area contributed by atoms with Gasteiger partial charge in [-0.15, -0.1) is 22.7 Å². The van der Waals surface area contributed by atoms with E-state index in [9.17, 15) is 24.6 Å². The topological polar surface area (TPSA) is 142 Å². The average Bonchev–Trinajstić information content (AvgIpc) is 4.19. The van der Waals surface area contributed by atoms with Crippen LogP contribution >= 0.6 is 38.6 Å². The molecule has 15 heteroatoms. The molecule has 0 spiro atoms. The van der Waals surface area contributed by atoms with E-state index >= 15 is 0 Å². The zero-order valence-electron chi connectivity index (χ0n) is 40.1. The molecule has 0 unspecified atom stereocenters. The molecule has 3 aliphatic rings. The van der Waals surface area contributed by atoms with Gasteiger partial charge in [-0.05, 0) is 96.5 Å². The van der Waals surface area contributed by atoms with Crippen LogP contribution in [0.15, 0.2) is 101 Å². The number of phenolic OH excluding ortho intramolecular Hbond substituents is 1. The molecule has 3 fully saturated rings. The first-order valence-corrected chi connectivity index (χ1v) is 26.7. The van der Waals surface area contributed by atoms with Crippen LogP contribution in [0.25, 0.3) is 31.0 Å². The van der Waals surface area contributed by atoms with Gasteiger partial charge in [-0.2, -0.15) is 0 Å². The monoisotopic (exact) mass is 1050 g/mol. The van der Waals surface area contributed by atoms with Gasteiger partial charge in [-0.25, -0.2) is 4.98 Å². The molecule has 5 atom stereocenters. The molecule has 1 amide bonds. The van der Waals surface area contributed by atoms with Crippen molar-refractivity contribution in [3.8, 4) is 43.9 Å². The predicted molar refractivity (Wildman–Crippen MR) is 279 cm³/mol. The Morgan fingerprint density at radius 2 is 1.51 bits per heavy atom. The summed E-state index contributed by atoms with van der Waals surface area (Å²) >= 11 is 6.71. The van der Waals surface area contributed by atoms with Gasteiger partial charge >= 0.3 is 0 Å². The van der Waals surface area contributed by atoms with Gasteiger partial charge in [0.05, 0.1) is 39.7 Å². The van der Waals surface area contributed by atoms with Crippen LogP contribution < -0.4 is 9.47 Å². The second kappa shape index (κ2) is 21.8. The fraction of sp³-hybridized carbons (Fsp3) is 0.418. The van der Waals surface area contributed by atoms with E-state index in [0.717, 1.165) is 90.8 Å². The highest BCUT2D eigenvalue weighted by Gasteiger charge is 2.45. The Morgan fingerprint density at radius 3 is 2.19 bits per heavy atom. The molecular weight excluding hydrogens is 989 g/mol. The number of aryl methyl sites for hydroxylation is 2. The Labute approximate surface area is 426 Å². The van der Waals surface area contributed by atoms with E-state index in [2.05, 4.69) is 55.0 Å². The summed E-state index contributed by atoms with van der Waals surface area (Å²) in [6.07, 6.45) is 1.31. The first kappa shape index (κ1) is 50.0. The molecule has 2 bridgehead atoms. The van der Waals surface area contributed by atoms with Gasteiger partial charge in [0.2, 0.25) is 5.91 Å². The van der Waals surface area contributed by atoms with Crippen molar-refractivity contribution in [1.29, 1.82) is 0 Å². The van der Waals surface area contributed by atoms with E-state index < -0.39 is 23.5 Å². The molecule has 0 aliphatic carbocycles. The van der Waals surface area contributed by atoms with Gasteiger partial charge in [-0.3, -0.25) is 24.2 Å². The zero-order chi connectivity index (χ0) is 49.1. The van der Waals surface area contributed by atoms with Gasteiger partial charge in [0.1, 0.15) is 30.5 Å². The number of aliphatic hydroxyl groups is 1. The van der Waals surface area contributed by atoms with Crippen LogP contribution in [0.5, 0.6) is 23.0 Å². The summed E-state index contributed by atoms with van der Waals surface area (Å²) in [5, 5.41) is 21.8. The number of hydrogen-bond donors (Lipinski definition) is 2. The summed E-state index contributed by atoms with van der Waals surface area (Å²) in [6, 6.07) is 29.5. The number of thiazole rings is 1. The molecule has 2 aromatic heterocycles. The molecule has 0 saturated carbocycles. The van der Waals surface area contributed by atoms with E-state index in [1.165, 1.54) is 4.90 Å². The maximum absolute atomic E-state index is 14.2. The SMILES string of the molecule is Cc1ncsc1-c1ccc(CCC(=O)[C@@H]2C[C@@H](O)CN2C(=O)[C@@H](CC(=O)COCCN2C[C@@H]3C[C@H]2CN3CCOc2ccc(Oc3c(-c4ccc(Br)cc4)sc4cc(O)ccc34)cc2)C(C)(C)C)cc1. The molecule has 5 heterocycles. The number of aromatic hydroxyl groups is 1. The molecule has 6 aromatic rings. The van der Waals surface area contributed by atoms with E-state index in [4.69, 9.17) is 14.2 Å². The van der Waals surface area contributed by atoms with Crippen LogP contribution in [0.1, 0.15) is 57.7 Å². The molecular formula is C55H61BrN4O8S2. The number of ketones is 2. The minimum atomic E-state index is -0.790. The van der Waals surface area contributed by atoms with Crippen LogP contribution in [-0.2, 0) is 25.5 Å². The highest BCUT2D eigenvalue weighted by molar-refractivity contribution is 9.10. The lowest BCUT2D eigenvalue weighted by molar-refractivity contribution is -0.146. The summed E-state index contributed by atoms with van der Waals surface area (Å²) in [5.41, 5.74) is 5.44. The number of aliphatic hydroxyl groups excluding tert-OH is 1. The molecule has 0 radical (unpaired) electrons. The van der Waals surface area contributed by atoms with Crippen molar-refractivity contribution in [1.82, 2.24) is 19.7 Å². The number of aromatic nitrogens is 1. The summed E-state index contributed by atoms with van der Waals surface area (Å²) in [6.45, 7) is 12.3. The number of halogens is 1. The van der Waals surface area contributed by atoms with E-state index in [1.54, 1.807) is 34.8 Å². The Balaban J connectivity index is 0.692. The largest absolute Gasteiger partial charge is 0.508 e. The van der Waals surface area contributed by atoms with Crippen molar-refractivity contribution in [2.24, 2.45) is 11.3 Å². The minimum Gasteiger partial charge on any atom is -0.508 e. The number of phenols is 1. The molecule has 9 rings (SSSR count). The number of fused-ring (bicyclic) bond motifs is 3. The second-order valence-electron chi connectivity index (χ2n) is 19.9. The number of ether oxygens (including phenoxy) is 3. The molecule has 12 nitrogen and oxygen atoms in total. The van der Waals surface area contributed by atoms with E-state index in [1.807, 2.05) is 87.8 Å². The number of thiophene rings is 1. The summed E-state index contributed by atoms with van der Waals surface area (Å²) < 4.78 is 20.6. The van der Waals surface area contributed by atoms with Crippen molar-refractivity contribution in [2.45, 2.75) is 84.0 Å². The fourth-order valence-corrected chi connectivity index (χ4v) is 12.4. The summed E-state index contributed by atoms with van der Waals surface area (Å²) in [4.78, 5) is 54.1. The number of amides is 1. The molecule has 4 aromatic carbocycles. The number of piperazine rings is 1. The zero-order valence-corrected chi connectivity index (χ0v) is 43.4. The van der Waals surface area contributed by atoms with Crippen molar-refractivity contribution in [3.63, 3.8) is 0 Å². The number of nitrogens with zero attached hydrogens (tertiary/aromatic N) is 4. The minimum absolute atomic E-state index is 0.0121. The van der Waals surface area contributed by atoms with E-state index in [-0.39, 0.29) is 55.6 Å². The number of hydrogen-bond acceptors (Lipinski definition) is 13. The van der Waals surface area contributed by atoms with E-state index in [0.29, 0.717) is 37.5 Å². The highest BCUT2D eigenvalue weighted by Crippen LogP contribution is 2.47. The van der Waals surface area contributed by atoms with Gasteiger partial charge in [0.15, 0.2) is 17.3 Å². The number of likely N-dealkylation sites (tertiary alicyclic amines) is 3. The first-order chi connectivity index (χ1) is 33.7. The quantitative estimate of drug-likeness (QED) is 0.0706. The number of benzene rings is 4. The number of carbonyl (C=O) groups excluding carboxylic acids is 3. The molecule has 368 valence electrons. The predicted octanol–water partition coefficient (Wildman–Crippen LogP) is 10.2. The molecule has 3 aliphatic heterocycles. The Bertz CT molecular complexity index is 2790. The van der Waals surface area contributed by atoms with Crippen LogP contribution in [0.3, 0.4) is 0 Å². The van der Waals surface area contributed by atoms with Crippen LogP contribution in [0.2, 0.25) is 0 Å². The maximum Gasteiger partial charge on any atom is 0.227 e. The number of rotatable bonds is 20. The van der Waals surface area contributed by atoms with Crippen molar-refractivity contribution in [2.75, 3.05) is 52.5 Å². The summed E-state index contributed by atoms with van der Waals surface area (Å²) in [5.74, 6) is 1.31. The van der Waals surface area contributed by atoms with Gasteiger partial charge in [0.25, 0.3) is 0 Å². The Morgan fingerprint density at radius 1 is 0.843 bits per heavy atom. The number of β-amino-alcohol motifs (C(OH)–C–C–N with tert-alkyl or cyclic N) is 1. The normalized spacial score (nSPS) is 19.8. The molecule has 70 heavy (non-hydrogen) atoms. The Kier molecular flexibility index (Phi) is 15.5. The lowest BCUT2D eigenvalue weighted by Gasteiger charge is -2.35. The smallest absolute Gasteiger partial charge is 0.227 e. The third-order valence-corrected chi connectivity index (χ3v) is 16.7.